The Morgan fingerprint density at radius 2 is 2.06 bits per heavy atom. The van der Waals surface area contributed by atoms with Crippen LogP contribution in [0.3, 0.4) is 0 Å². The van der Waals surface area contributed by atoms with Crippen molar-refractivity contribution in [3.63, 3.8) is 0 Å². The first-order valence-electron chi connectivity index (χ1n) is 11.2. The van der Waals surface area contributed by atoms with Crippen LogP contribution in [0.2, 0.25) is 0 Å². The fourth-order valence-electron chi connectivity index (χ4n) is 4.82. The van der Waals surface area contributed by atoms with Gasteiger partial charge in [-0.05, 0) is 25.0 Å². The van der Waals surface area contributed by atoms with Gasteiger partial charge in [0.2, 0.25) is 0 Å². The van der Waals surface area contributed by atoms with Crippen LogP contribution in [0.5, 0.6) is 11.8 Å². The normalized spacial score (nSPS) is 19.0. The number of benzene rings is 1. The van der Waals surface area contributed by atoms with Crippen molar-refractivity contribution >= 4 is 33.4 Å². The number of nitrogens with two attached hydrogens (primary N) is 1. The van der Waals surface area contributed by atoms with Crippen molar-refractivity contribution in [2.24, 2.45) is 11.1 Å². The molecule has 1 aromatic carbocycles. The van der Waals surface area contributed by atoms with E-state index in [4.69, 9.17) is 15.5 Å². The van der Waals surface area contributed by atoms with Gasteiger partial charge in [-0.2, -0.15) is 9.97 Å². The van der Waals surface area contributed by atoms with Gasteiger partial charge in [0.05, 0.1) is 29.0 Å². The molecule has 9 nitrogen and oxygen atoms in total. The fraction of sp³-hybridized carbons (Fsp3) is 0.391. The van der Waals surface area contributed by atoms with Gasteiger partial charge in [-0.25, -0.2) is 14.4 Å². The Labute approximate surface area is 189 Å². The first-order valence-corrected chi connectivity index (χ1v) is 11.2. The lowest BCUT2D eigenvalue weighted by molar-refractivity contribution is 0.439. The van der Waals surface area contributed by atoms with E-state index in [0.717, 1.165) is 47.9 Å². The Morgan fingerprint density at radius 3 is 2.73 bits per heavy atom. The average Bonchev–Trinajstić information content (AvgIpc) is 3.40. The molecule has 4 N–H and O–H groups in total. The Hall–Kier alpha value is -3.53. The second-order valence-electron chi connectivity index (χ2n) is 8.94. The third kappa shape index (κ3) is 3.24. The van der Waals surface area contributed by atoms with Crippen LogP contribution in [-0.2, 0) is 6.42 Å². The van der Waals surface area contributed by atoms with Gasteiger partial charge in [0.1, 0.15) is 23.1 Å². The van der Waals surface area contributed by atoms with Gasteiger partial charge in [0.25, 0.3) is 0 Å². The van der Waals surface area contributed by atoms with Gasteiger partial charge in [-0.15, -0.1) is 0 Å². The Kier molecular flexibility index (Phi) is 4.41. The number of H-pyrrole nitrogens is 1. The fourth-order valence-corrected chi connectivity index (χ4v) is 4.82. The van der Waals surface area contributed by atoms with E-state index in [1.54, 1.807) is 19.4 Å². The molecule has 3 aromatic heterocycles. The molecular weight excluding hydrogens is 423 g/mol. The molecule has 2 aliphatic rings. The molecular formula is C23H25FN8O. The molecule has 1 saturated carbocycles. The van der Waals surface area contributed by atoms with E-state index < -0.39 is 0 Å². The summed E-state index contributed by atoms with van der Waals surface area (Å²) in [6, 6.07) is 3.23. The first kappa shape index (κ1) is 20.1. The summed E-state index contributed by atoms with van der Waals surface area (Å²) in [7, 11) is 1.76. The number of hydrogen-bond acceptors (Lipinski definition) is 8. The van der Waals surface area contributed by atoms with Crippen LogP contribution in [0.15, 0.2) is 24.5 Å². The zero-order chi connectivity index (χ0) is 22.7. The van der Waals surface area contributed by atoms with Gasteiger partial charge in [0.15, 0.2) is 5.75 Å². The predicted molar refractivity (Wildman–Crippen MR) is 124 cm³/mol. The van der Waals surface area contributed by atoms with Gasteiger partial charge >= 0.3 is 6.01 Å². The summed E-state index contributed by atoms with van der Waals surface area (Å²) >= 11 is 0. The number of nitrogens with zero attached hydrogens (tertiary/aromatic N) is 5. The van der Waals surface area contributed by atoms with E-state index in [9.17, 15) is 4.39 Å². The van der Waals surface area contributed by atoms with Crippen LogP contribution in [0.4, 0.5) is 15.9 Å². The topological polar surface area (TPSA) is 118 Å². The lowest BCUT2D eigenvalue weighted by Crippen LogP contribution is -2.30. The molecule has 1 atom stereocenters. The number of aromatic nitrogens is 5. The van der Waals surface area contributed by atoms with Crippen LogP contribution in [0.1, 0.15) is 25.6 Å². The quantitative estimate of drug-likeness (QED) is 0.425. The molecule has 6 rings (SSSR count). The van der Waals surface area contributed by atoms with E-state index in [0.29, 0.717) is 29.4 Å². The summed E-state index contributed by atoms with van der Waals surface area (Å²) in [5.41, 5.74) is 8.62. The summed E-state index contributed by atoms with van der Waals surface area (Å²) in [6.07, 6.45) is 6.21. The molecule has 4 heterocycles. The van der Waals surface area contributed by atoms with Crippen LogP contribution in [0.25, 0.3) is 21.9 Å². The lowest BCUT2D eigenvalue weighted by Gasteiger charge is -2.19. The van der Waals surface area contributed by atoms with Crippen molar-refractivity contribution in [2.75, 3.05) is 30.4 Å². The molecule has 1 aliphatic heterocycles. The number of hydrogen-bond donors (Lipinski definition) is 3. The molecule has 33 heavy (non-hydrogen) atoms. The van der Waals surface area contributed by atoms with E-state index in [1.807, 2.05) is 6.92 Å². The van der Waals surface area contributed by atoms with Gasteiger partial charge in [0, 0.05) is 43.4 Å². The van der Waals surface area contributed by atoms with Gasteiger partial charge in [-0.3, -0.25) is 0 Å². The van der Waals surface area contributed by atoms with Crippen LogP contribution >= 0.6 is 0 Å². The molecule has 0 amide bonds. The minimum Gasteiger partial charge on any atom is -0.421 e. The minimum atomic E-state index is -0.330. The maximum absolute atomic E-state index is 14.5. The number of aryl methyl sites for hydroxylation is 1. The molecule has 0 unspecified atom stereocenters. The SMILES string of the molecule is CCc1ncc(Oc2nc(N3C[C@H](N)C4(CC4)C3)c3c(n2)[nH]c2c(NC)cc(F)cc23)cn1. The maximum atomic E-state index is 14.5. The summed E-state index contributed by atoms with van der Waals surface area (Å²) in [5.74, 6) is 1.55. The van der Waals surface area contributed by atoms with Crippen molar-refractivity contribution in [3.8, 4) is 11.8 Å². The zero-order valence-corrected chi connectivity index (χ0v) is 18.5. The number of aromatic amines is 1. The summed E-state index contributed by atoms with van der Waals surface area (Å²) in [6.45, 7) is 3.49. The van der Waals surface area contributed by atoms with Crippen molar-refractivity contribution in [3.05, 3.63) is 36.2 Å². The smallest absolute Gasteiger partial charge is 0.326 e. The minimum absolute atomic E-state index is 0.0803. The predicted octanol–water partition coefficient (Wildman–Crippen LogP) is 3.36. The Bertz CT molecular complexity index is 1360. The van der Waals surface area contributed by atoms with Crippen molar-refractivity contribution < 1.29 is 9.13 Å². The average molecular weight is 449 g/mol. The van der Waals surface area contributed by atoms with Crippen molar-refractivity contribution in [1.29, 1.82) is 0 Å². The zero-order valence-electron chi connectivity index (χ0n) is 18.5. The molecule has 2 fully saturated rings. The number of anilines is 2. The number of halogens is 1. The molecule has 0 radical (unpaired) electrons. The van der Waals surface area contributed by atoms with E-state index in [2.05, 4.69) is 30.2 Å². The second-order valence-corrected chi connectivity index (χ2v) is 8.94. The highest BCUT2D eigenvalue weighted by molar-refractivity contribution is 6.14. The molecule has 10 heteroatoms. The van der Waals surface area contributed by atoms with Gasteiger partial charge in [-0.1, -0.05) is 6.92 Å². The molecule has 170 valence electrons. The highest BCUT2D eigenvalue weighted by atomic mass is 19.1. The monoisotopic (exact) mass is 448 g/mol. The maximum Gasteiger partial charge on any atom is 0.326 e. The van der Waals surface area contributed by atoms with Crippen LogP contribution in [-0.4, -0.2) is 51.1 Å². The number of nitrogens with one attached hydrogen (secondary N) is 2. The number of rotatable bonds is 5. The standard InChI is InChI=1S/C23H25FN8O/c1-3-17-27-8-13(9-28-17)33-22-30-20-18(14-6-12(24)7-15(26-2)19(14)29-20)21(31-22)32-10-16(25)23(11-32)4-5-23/h6-9,16,26H,3-5,10-11,25H2,1-2H3,(H,29,30,31)/t16-/m0/s1. The van der Waals surface area contributed by atoms with E-state index in [-0.39, 0.29) is 23.3 Å². The summed E-state index contributed by atoms with van der Waals surface area (Å²) in [4.78, 5) is 23.5. The van der Waals surface area contributed by atoms with Crippen LogP contribution < -0.4 is 20.7 Å². The first-order chi connectivity index (χ1) is 16.0. The van der Waals surface area contributed by atoms with E-state index >= 15 is 0 Å². The van der Waals surface area contributed by atoms with Gasteiger partial charge < -0.3 is 25.7 Å². The third-order valence-corrected chi connectivity index (χ3v) is 6.86. The second kappa shape index (κ2) is 7.24. The largest absolute Gasteiger partial charge is 0.421 e. The lowest BCUT2D eigenvalue weighted by atomic mass is 10.0. The summed E-state index contributed by atoms with van der Waals surface area (Å²) in [5, 5.41) is 4.53. The number of ether oxygens (including phenoxy) is 1. The van der Waals surface area contributed by atoms with Crippen LogP contribution in [0, 0.1) is 11.2 Å². The highest BCUT2D eigenvalue weighted by Gasteiger charge is 2.54. The van der Waals surface area contributed by atoms with E-state index in [1.165, 1.54) is 12.1 Å². The molecule has 1 aliphatic carbocycles. The van der Waals surface area contributed by atoms with Crippen molar-refractivity contribution in [1.82, 2.24) is 24.9 Å². The molecule has 1 spiro atoms. The molecule has 0 bridgehead atoms. The van der Waals surface area contributed by atoms with Crippen molar-refractivity contribution in [2.45, 2.75) is 32.2 Å². The number of fused-ring (bicyclic) bond motifs is 3. The molecule has 1 saturated heterocycles. The Balaban J connectivity index is 1.52. The molecule has 4 aromatic rings. The third-order valence-electron chi connectivity index (χ3n) is 6.86. The summed E-state index contributed by atoms with van der Waals surface area (Å²) < 4.78 is 20.4. The Morgan fingerprint density at radius 1 is 1.27 bits per heavy atom. The highest BCUT2D eigenvalue weighted by Crippen LogP contribution is 2.53.